The molecule has 1 aromatic heterocycles. The number of nitrogens with two attached hydrogens (primary N) is 1. The lowest BCUT2D eigenvalue weighted by Gasteiger charge is -2.10. The van der Waals surface area contributed by atoms with Gasteiger partial charge in [-0.05, 0) is 29.7 Å². The third-order valence-corrected chi connectivity index (χ3v) is 2.73. The summed E-state index contributed by atoms with van der Waals surface area (Å²) < 4.78 is 5.66. The number of nitriles is 1. The molecular formula is C15H15N3O. The Morgan fingerprint density at radius 3 is 2.79 bits per heavy atom. The lowest BCUT2D eigenvalue weighted by molar-refractivity contribution is 0.460. The number of rotatable bonds is 3. The summed E-state index contributed by atoms with van der Waals surface area (Å²) in [6, 6.07) is 11.3. The third kappa shape index (κ3) is 3.02. The van der Waals surface area contributed by atoms with Gasteiger partial charge in [0.25, 0.3) is 0 Å². The molecule has 2 aromatic rings. The topological polar surface area (TPSA) is 71.9 Å². The molecule has 0 bridgehead atoms. The molecular weight excluding hydrogens is 238 g/mol. The van der Waals surface area contributed by atoms with E-state index in [1.54, 1.807) is 6.07 Å². The van der Waals surface area contributed by atoms with Gasteiger partial charge in [-0.3, -0.25) is 0 Å². The van der Waals surface area contributed by atoms with Crippen molar-refractivity contribution in [1.82, 2.24) is 4.98 Å². The molecule has 1 aromatic carbocycles. The standard InChI is InChI=1S/C15H15N3O/c1-10(2)11-4-3-5-14(7-11)19-15-12(8-16)6-13(17)9-18-15/h3-7,9-10H,17H2,1-2H3. The van der Waals surface area contributed by atoms with E-state index in [-0.39, 0.29) is 5.88 Å². The molecule has 0 radical (unpaired) electrons. The number of pyridine rings is 1. The van der Waals surface area contributed by atoms with Crippen LogP contribution in [0.25, 0.3) is 0 Å². The van der Waals surface area contributed by atoms with E-state index in [9.17, 15) is 0 Å². The van der Waals surface area contributed by atoms with E-state index in [1.807, 2.05) is 30.3 Å². The van der Waals surface area contributed by atoms with Crippen molar-refractivity contribution in [2.24, 2.45) is 0 Å². The Balaban J connectivity index is 2.31. The first-order valence-electron chi connectivity index (χ1n) is 6.03. The van der Waals surface area contributed by atoms with Crippen LogP contribution in [0.3, 0.4) is 0 Å². The van der Waals surface area contributed by atoms with Crippen LogP contribution in [0.15, 0.2) is 36.5 Å². The highest BCUT2D eigenvalue weighted by Gasteiger charge is 2.08. The van der Waals surface area contributed by atoms with Gasteiger partial charge in [0, 0.05) is 0 Å². The van der Waals surface area contributed by atoms with Crippen LogP contribution in [0, 0.1) is 11.3 Å². The van der Waals surface area contributed by atoms with Crippen molar-refractivity contribution in [3.63, 3.8) is 0 Å². The fraction of sp³-hybridized carbons (Fsp3) is 0.200. The van der Waals surface area contributed by atoms with Crippen molar-refractivity contribution in [3.8, 4) is 17.7 Å². The Morgan fingerprint density at radius 2 is 2.11 bits per heavy atom. The van der Waals surface area contributed by atoms with Gasteiger partial charge in [-0.1, -0.05) is 26.0 Å². The lowest BCUT2D eigenvalue weighted by atomic mass is 10.0. The first-order valence-corrected chi connectivity index (χ1v) is 6.03. The van der Waals surface area contributed by atoms with E-state index in [4.69, 9.17) is 15.7 Å². The lowest BCUT2D eigenvalue weighted by Crippen LogP contribution is -1.95. The van der Waals surface area contributed by atoms with Gasteiger partial charge in [-0.25, -0.2) is 4.98 Å². The van der Waals surface area contributed by atoms with Crippen molar-refractivity contribution < 1.29 is 4.74 Å². The van der Waals surface area contributed by atoms with Gasteiger partial charge in [0.2, 0.25) is 5.88 Å². The van der Waals surface area contributed by atoms with Crippen molar-refractivity contribution in [2.45, 2.75) is 19.8 Å². The van der Waals surface area contributed by atoms with Crippen LogP contribution in [0.2, 0.25) is 0 Å². The molecule has 1 heterocycles. The molecule has 0 spiro atoms. The Hall–Kier alpha value is -2.54. The van der Waals surface area contributed by atoms with Gasteiger partial charge in [0.1, 0.15) is 17.4 Å². The number of hydrogen-bond acceptors (Lipinski definition) is 4. The average molecular weight is 253 g/mol. The van der Waals surface area contributed by atoms with Gasteiger partial charge in [-0.15, -0.1) is 0 Å². The van der Waals surface area contributed by atoms with Crippen molar-refractivity contribution in [3.05, 3.63) is 47.7 Å². The summed E-state index contributed by atoms with van der Waals surface area (Å²) in [5, 5.41) is 9.04. The molecule has 19 heavy (non-hydrogen) atoms. The van der Waals surface area contributed by atoms with Crippen LogP contribution in [0.4, 0.5) is 5.69 Å². The largest absolute Gasteiger partial charge is 0.438 e. The first-order chi connectivity index (χ1) is 9.10. The van der Waals surface area contributed by atoms with E-state index < -0.39 is 0 Å². The smallest absolute Gasteiger partial charge is 0.237 e. The summed E-state index contributed by atoms with van der Waals surface area (Å²) in [6.45, 7) is 4.22. The molecule has 4 nitrogen and oxygen atoms in total. The normalized spacial score (nSPS) is 10.2. The summed E-state index contributed by atoms with van der Waals surface area (Å²) in [5.41, 5.74) is 7.54. The number of anilines is 1. The minimum atomic E-state index is 0.276. The molecule has 0 unspecified atom stereocenters. The van der Waals surface area contributed by atoms with Gasteiger partial charge in [0.15, 0.2) is 0 Å². The average Bonchev–Trinajstić information content (AvgIpc) is 2.41. The van der Waals surface area contributed by atoms with Crippen molar-refractivity contribution in [1.29, 1.82) is 5.26 Å². The fourth-order valence-corrected chi connectivity index (χ4v) is 1.68. The van der Waals surface area contributed by atoms with Gasteiger partial charge < -0.3 is 10.5 Å². The number of ether oxygens (including phenoxy) is 1. The van der Waals surface area contributed by atoms with E-state index in [0.717, 1.165) is 0 Å². The molecule has 0 amide bonds. The summed E-state index contributed by atoms with van der Waals surface area (Å²) in [5.74, 6) is 1.36. The van der Waals surface area contributed by atoms with Crippen LogP contribution in [-0.4, -0.2) is 4.98 Å². The predicted molar refractivity (Wildman–Crippen MR) is 74.0 cm³/mol. The number of benzene rings is 1. The molecule has 2 N–H and O–H groups in total. The van der Waals surface area contributed by atoms with Crippen LogP contribution >= 0.6 is 0 Å². The van der Waals surface area contributed by atoms with Crippen LogP contribution in [-0.2, 0) is 0 Å². The van der Waals surface area contributed by atoms with Crippen molar-refractivity contribution in [2.75, 3.05) is 5.73 Å². The van der Waals surface area contributed by atoms with E-state index in [0.29, 0.717) is 22.9 Å². The maximum absolute atomic E-state index is 9.04. The number of nitrogen functional groups attached to an aromatic ring is 1. The highest BCUT2D eigenvalue weighted by Crippen LogP contribution is 2.26. The van der Waals surface area contributed by atoms with E-state index >= 15 is 0 Å². The second-order valence-corrected chi connectivity index (χ2v) is 4.56. The maximum atomic E-state index is 9.04. The number of aromatic nitrogens is 1. The molecule has 0 aliphatic heterocycles. The van der Waals surface area contributed by atoms with Gasteiger partial charge in [-0.2, -0.15) is 5.26 Å². The van der Waals surface area contributed by atoms with Crippen LogP contribution < -0.4 is 10.5 Å². The highest BCUT2D eigenvalue weighted by molar-refractivity contribution is 5.49. The second kappa shape index (κ2) is 5.40. The van der Waals surface area contributed by atoms with Crippen LogP contribution in [0.5, 0.6) is 11.6 Å². The molecule has 0 atom stereocenters. The summed E-state index contributed by atoms with van der Waals surface area (Å²) in [6.07, 6.45) is 1.47. The Morgan fingerprint density at radius 1 is 1.32 bits per heavy atom. The van der Waals surface area contributed by atoms with E-state index in [2.05, 4.69) is 18.8 Å². The third-order valence-electron chi connectivity index (χ3n) is 2.73. The number of hydrogen-bond donors (Lipinski definition) is 1. The molecule has 0 saturated carbocycles. The zero-order chi connectivity index (χ0) is 13.8. The highest BCUT2D eigenvalue weighted by atomic mass is 16.5. The molecule has 96 valence electrons. The monoisotopic (exact) mass is 253 g/mol. The minimum Gasteiger partial charge on any atom is -0.438 e. The van der Waals surface area contributed by atoms with Crippen LogP contribution in [0.1, 0.15) is 30.9 Å². The van der Waals surface area contributed by atoms with Crippen molar-refractivity contribution >= 4 is 5.69 Å². The minimum absolute atomic E-state index is 0.276. The fourth-order valence-electron chi connectivity index (χ4n) is 1.68. The van der Waals surface area contributed by atoms with E-state index in [1.165, 1.54) is 11.8 Å². The Labute approximate surface area is 112 Å². The predicted octanol–water partition coefficient (Wildman–Crippen LogP) is 3.45. The SMILES string of the molecule is CC(C)c1cccc(Oc2ncc(N)cc2C#N)c1. The zero-order valence-corrected chi connectivity index (χ0v) is 10.9. The second-order valence-electron chi connectivity index (χ2n) is 4.56. The summed E-state index contributed by atoms with van der Waals surface area (Å²) in [7, 11) is 0. The molecule has 0 aliphatic carbocycles. The Bertz CT molecular complexity index is 630. The molecule has 4 heteroatoms. The van der Waals surface area contributed by atoms with Gasteiger partial charge in [0.05, 0.1) is 11.9 Å². The summed E-state index contributed by atoms with van der Waals surface area (Å²) >= 11 is 0. The molecule has 0 saturated heterocycles. The zero-order valence-electron chi connectivity index (χ0n) is 10.9. The molecule has 2 rings (SSSR count). The molecule has 0 fully saturated rings. The Kier molecular flexibility index (Phi) is 3.67. The maximum Gasteiger partial charge on any atom is 0.237 e. The molecule has 0 aliphatic rings. The van der Waals surface area contributed by atoms with Gasteiger partial charge >= 0.3 is 0 Å². The quantitative estimate of drug-likeness (QED) is 0.909. The summed E-state index contributed by atoms with van der Waals surface area (Å²) in [4.78, 5) is 4.05. The first kappa shape index (κ1) is 12.9. The number of nitrogens with zero attached hydrogens (tertiary/aromatic N) is 2.